The Bertz CT molecular complexity index is 5250. The van der Waals surface area contributed by atoms with Gasteiger partial charge in [-0.15, -0.1) is 0 Å². The highest BCUT2D eigenvalue weighted by Crippen LogP contribution is 2.54. The van der Waals surface area contributed by atoms with E-state index in [-0.39, 0.29) is 12.1 Å². The van der Waals surface area contributed by atoms with Gasteiger partial charge < -0.3 is 19.1 Å². The normalized spacial score (nSPS) is 13.4. The average molecular weight is 1220 g/mol. The number of benzene rings is 14. The van der Waals surface area contributed by atoms with Gasteiger partial charge in [-0.25, -0.2) is 0 Å². The minimum atomic E-state index is -3.23. The van der Waals surface area contributed by atoms with E-state index in [9.17, 15) is 0 Å². The van der Waals surface area contributed by atoms with E-state index in [2.05, 4.69) is 369 Å². The predicted molar refractivity (Wildman–Crippen MR) is 399 cm³/mol. The monoisotopic (exact) mass is 1220 g/mol. The zero-order valence-electron chi connectivity index (χ0n) is 52.6. The van der Waals surface area contributed by atoms with E-state index in [1.807, 2.05) is 0 Å². The summed E-state index contributed by atoms with van der Waals surface area (Å²) in [7, 11) is -3.23. The maximum atomic E-state index is 7.61. The van der Waals surface area contributed by atoms with Gasteiger partial charge in [-0.2, -0.15) is 0 Å². The van der Waals surface area contributed by atoms with E-state index in [1.54, 1.807) is 0 Å². The molecule has 14 aromatic carbocycles. The zero-order chi connectivity index (χ0) is 62.7. The van der Waals surface area contributed by atoms with E-state index in [4.69, 9.17) is 4.74 Å². The number of nitrogens with zero attached hydrogens (tertiary/aromatic N) is 3. The number of hydrogen-bond donors (Lipinski definition) is 0. The standard InChI is InChI=1S/C88H64BN3OSi/c1-88(2,3)63-54-79-85-80(55-63)92(87-69(61-34-14-6-15-35-61)46-29-47-70(87)62-36-16-7-17-37-62)78-58-82-84(94(65-38-18-8-19-39-65,66-40-20-9-21-41-66)83-51-27-26-50-81(83)93-82)57-74(78)89(85)73-53-52-64(90-75-48-24-22-42-71(75)72-43-23-25-49-76(72)90)56-77(73)91(79)86-67(59-30-10-4-11-31-59)44-28-45-68(86)60-32-12-5-13-33-60/h4-58H,1-3H3. The molecule has 0 fully saturated rings. The smallest absolute Gasteiger partial charge is 0.252 e. The number of hydrogen-bond acceptors (Lipinski definition) is 3. The van der Waals surface area contributed by atoms with Crippen molar-refractivity contribution in [3.8, 4) is 61.7 Å². The lowest BCUT2D eigenvalue weighted by molar-refractivity contribution is 0.487. The number of rotatable bonds is 9. The number of anilines is 6. The van der Waals surface area contributed by atoms with Crippen molar-refractivity contribution in [3.63, 3.8) is 0 Å². The molecule has 0 spiro atoms. The number of ether oxygens (including phenoxy) is 1. The highest BCUT2D eigenvalue weighted by molar-refractivity contribution is 7.21. The van der Waals surface area contributed by atoms with Crippen molar-refractivity contribution in [2.75, 3.05) is 9.80 Å². The molecule has 0 N–H and O–H groups in total. The Morgan fingerprint density at radius 1 is 0.330 bits per heavy atom. The Balaban J connectivity index is 1.04. The van der Waals surface area contributed by atoms with Crippen LogP contribution in [0.3, 0.4) is 0 Å². The molecule has 18 rings (SSSR count). The molecule has 4 nitrogen and oxygen atoms in total. The van der Waals surface area contributed by atoms with Crippen molar-refractivity contribution in [1.29, 1.82) is 0 Å². The van der Waals surface area contributed by atoms with Crippen LogP contribution in [-0.4, -0.2) is 19.4 Å². The van der Waals surface area contributed by atoms with Crippen LogP contribution in [0.25, 0.3) is 72.0 Å². The molecule has 3 aliphatic rings. The molecule has 0 aliphatic carbocycles. The zero-order valence-corrected chi connectivity index (χ0v) is 53.6. The fourth-order valence-corrected chi connectivity index (χ4v) is 20.9. The van der Waals surface area contributed by atoms with Crippen LogP contribution < -0.4 is 51.7 Å². The van der Waals surface area contributed by atoms with Gasteiger partial charge in [-0.3, -0.25) is 0 Å². The fourth-order valence-electron chi connectivity index (χ4n) is 15.9. The van der Waals surface area contributed by atoms with Crippen molar-refractivity contribution in [1.82, 2.24) is 4.57 Å². The van der Waals surface area contributed by atoms with Crippen LogP contribution >= 0.6 is 0 Å². The summed E-state index contributed by atoms with van der Waals surface area (Å²) < 4.78 is 10.1. The van der Waals surface area contributed by atoms with E-state index >= 15 is 0 Å². The molecule has 0 bridgehead atoms. The van der Waals surface area contributed by atoms with Crippen molar-refractivity contribution in [2.24, 2.45) is 0 Å². The van der Waals surface area contributed by atoms with Crippen LogP contribution in [0, 0.1) is 0 Å². The summed E-state index contributed by atoms with van der Waals surface area (Å²) in [5.74, 6) is 1.77. The Hall–Kier alpha value is -11.4. The third kappa shape index (κ3) is 8.53. The van der Waals surface area contributed by atoms with Crippen molar-refractivity contribution >= 4 is 108 Å². The maximum absolute atomic E-state index is 7.61. The Morgan fingerprint density at radius 2 is 0.745 bits per heavy atom. The molecule has 0 unspecified atom stereocenters. The summed E-state index contributed by atoms with van der Waals surface area (Å²) in [6.45, 7) is 6.85. The van der Waals surface area contributed by atoms with E-state index < -0.39 is 8.07 Å². The van der Waals surface area contributed by atoms with Gasteiger partial charge in [-0.05, 0) is 113 Å². The maximum Gasteiger partial charge on any atom is 0.252 e. The molecule has 6 heteroatoms. The van der Waals surface area contributed by atoms with Gasteiger partial charge in [0.15, 0.2) is 8.07 Å². The molecule has 94 heavy (non-hydrogen) atoms. The third-order valence-corrected chi connectivity index (χ3v) is 24.9. The first-order valence-electron chi connectivity index (χ1n) is 32.8. The van der Waals surface area contributed by atoms with Gasteiger partial charge in [0.2, 0.25) is 0 Å². The lowest BCUT2D eigenvalue weighted by Gasteiger charge is -2.47. The van der Waals surface area contributed by atoms with Crippen LogP contribution in [0.1, 0.15) is 26.3 Å². The first-order valence-corrected chi connectivity index (χ1v) is 34.8. The molecule has 15 aromatic rings. The van der Waals surface area contributed by atoms with Gasteiger partial charge in [-0.1, -0.05) is 306 Å². The second kappa shape index (κ2) is 21.9. The molecule has 0 saturated carbocycles. The second-order valence-corrected chi connectivity index (χ2v) is 30.0. The molecule has 0 radical (unpaired) electrons. The van der Waals surface area contributed by atoms with Crippen molar-refractivity contribution in [3.05, 3.63) is 339 Å². The average Bonchev–Trinajstić information content (AvgIpc) is 0.770. The third-order valence-electron chi connectivity index (χ3n) is 20.0. The second-order valence-electron chi connectivity index (χ2n) is 26.2. The Labute approximate surface area is 550 Å². The fraction of sp³-hybridized carbons (Fsp3) is 0.0455. The molecule has 1 aromatic heterocycles. The predicted octanol–water partition coefficient (Wildman–Crippen LogP) is 18.3. The number of para-hydroxylation sites is 5. The van der Waals surface area contributed by atoms with E-state index in [1.165, 1.54) is 64.5 Å². The van der Waals surface area contributed by atoms with Gasteiger partial charge in [0.1, 0.15) is 11.5 Å². The highest BCUT2D eigenvalue weighted by atomic mass is 28.3. The van der Waals surface area contributed by atoms with Crippen LogP contribution in [-0.2, 0) is 5.41 Å². The quantitative estimate of drug-likeness (QED) is 0.134. The van der Waals surface area contributed by atoms with Crippen LogP contribution in [0.15, 0.2) is 334 Å². The molecule has 3 aliphatic heterocycles. The minimum Gasteiger partial charge on any atom is -0.457 e. The summed E-state index contributed by atoms with van der Waals surface area (Å²) in [6, 6.07) is 125. The molecule has 4 heterocycles. The first-order chi connectivity index (χ1) is 46.3. The molecular formula is C88H64BN3OSi. The summed E-state index contributed by atoms with van der Waals surface area (Å²) in [6.07, 6.45) is 0. The topological polar surface area (TPSA) is 20.6 Å². The SMILES string of the molecule is CC(C)(C)c1cc2c3c(c1)N(c1c(-c4ccccc4)cccc1-c1ccccc1)c1cc4c(cc1B3c1ccc(-n3c5ccccc5c5ccccc53)cc1N2c1c(-c2ccccc2)cccc1-c1ccccc1)[Si](c1ccccc1)(c1ccccc1)c1ccccc1O4. The number of fused-ring (bicyclic) bond motifs is 9. The molecular weight excluding hydrogens is 1150 g/mol. The van der Waals surface area contributed by atoms with Gasteiger partial charge in [0, 0.05) is 67.5 Å². The Kier molecular flexibility index (Phi) is 12.9. The van der Waals surface area contributed by atoms with Crippen molar-refractivity contribution < 1.29 is 4.74 Å². The Morgan fingerprint density at radius 3 is 1.21 bits per heavy atom. The van der Waals surface area contributed by atoms with E-state index in [0.29, 0.717) is 0 Å². The lowest BCUT2D eigenvalue weighted by Crippen LogP contribution is -2.77. The minimum absolute atomic E-state index is 0.280. The van der Waals surface area contributed by atoms with Gasteiger partial charge >= 0.3 is 0 Å². The summed E-state index contributed by atoms with van der Waals surface area (Å²) in [4.78, 5) is 5.36. The number of aromatic nitrogens is 1. The van der Waals surface area contributed by atoms with Crippen LogP contribution in [0.2, 0.25) is 0 Å². The van der Waals surface area contributed by atoms with Crippen LogP contribution in [0.5, 0.6) is 11.5 Å². The van der Waals surface area contributed by atoms with Gasteiger partial charge in [0.05, 0.1) is 22.4 Å². The largest absolute Gasteiger partial charge is 0.457 e. The summed E-state index contributed by atoms with van der Waals surface area (Å²) in [5, 5.41) is 7.52. The molecule has 0 amide bonds. The molecule has 0 atom stereocenters. The lowest BCUT2D eigenvalue weighted by atomic mass is 9.33. The highest BCUT2D eigenvalue weighted by Gasteiger charge is 2.52. The van der Waals surface area contributed by atoms with Crippen molar-refractivity contribution in [2.45, 2.75) is 26.2 Å². The molecule has 444 valence electrons. The van der Waals surface area contributed by atoms with Crippen LogP contribution in [0.4, 0.5) is 34.1 Å². The first kappa shape index (κ1) is 55.4. The summed E-state index contributed by atoms with van der Waals surface area (Å²) >= 11 is 0. The summed E-state index contributed by atoms with van der Waals surface area (Å²) in [5.41, 5.74) is 23.8. The molecule has 0 saturated heterocycles. The van der Waals surface area contributed by atoms with Gasteiger partial charge in [0.25, 0.3) is 6.71 Å². The van der Waals surface area contributed by atoms with E-state index in [0.717, 1.165) is 95.8 Å².